The molecule has 0 saturated carbocycles. The van der Waals surface area contributed by atoms with Gasteiger partial charge in [-0.3, -0.25) is 0 Å². The van der Waals surface area contributed by atoms with Crippen molar-refractivity contribution in [2.24, 2.45) is 11.8 Å². The minimum absolute atomic E-state index is 0.332. The lowest BCUT2D eigenvalue weighted by Gasteiger charge is -2.30. The highest BCUT2D eigenvalue weighted by atomic mass is 32.2. The summed E-state index contributed by atoms with van der Waals surface area (Å²) in [5, 5.41) is 3.30. The largest absolute Gasteiger partial charge is 0.317 e. The number of hydrogen-bond acceptors (Lipinski definition) is 3. The van der Waals surface area contributed by atoms with Crippen LogP contribution in [0.15, 0.2) is 0 Å². The summed E-state index contributed by atoms with van der Waals surface area (Å²) in [6, 6.07) is 0. The third kappa shape index (κ3) is 8.76. The van der Waals surface area contributed by atoms with Gasteiger partial charge in [-0.25, -0.2) is 0 Å². The van der Waals surface area contributed by atoms with E-state index in [1.807, 2.05) is 0 Å². The minimum atomic E-state index is -3.35. The van der Waals surface area contributed by atoms with E-state index < -0.39 is 10.2 Å². The van der Waals surface area contributed by atoms with Crippen LogP contribution in [-0.2, 0) is 10.2 Å². The van der Waals surface area contributed by atoms with Gasteiger partial charge in [-0.1, -0.05) is 34.6 Å². The van der Waals surface area contributed by atoms with Gasteiger partial charge < -0.3 is 5.32 Å². The Bertz CT molecular complexity index is 346. The number of rotatable bonds is 12. The Labute approximate surface area is 132 Å². The van der Waals surface area contributed by atoms with Gasteiger partial charge in [0.1, 0.15) is 0 Å². The van der Waals surface area contributed by atoms with E-state index in [-0.39, 0.29) is 0 Å². The lowest BCUT2D eigenvalue weighted by molar-refractivity contribution is 0.304. The predicted octanol–water partition coefficient (Wildman–Crippen LogP) is 2.17. The van der Waals surface area contributed by atoms with E-state index in [1.54, 1.807) is 11.4 Å². The molecule has 0 amide bonds. The normalized spacial score (nSPS) is 13.0. The molecule has 0 saturated heterocycles. The molecule has 5 nitrogen and oxygen atoms in total. The van der Waals surface area contributed by atoms with Crippen LogP contribution in [-0.4, -0.2) is 56.8 Å². The molecule has 0 aromatic heterocycles. The second-order valence-electron chi connectivity index (χ2n) is 6.54. The van der Waals surface area contributed by atoms with Crippen LogP contribution in [0.4, 0.5) is 0 Å². The molecule has 128 valence electrons. The SMILES string of the molecule is CCCNCCCN(C)S(=O)(=O)N(CC(C)C)CC(C)C. The lowest BCUT2D eigenvalue weighted by atomic mass is 10.2. The van der Waals surface area contributed by atoms with Crippen LogP contribution in [0.2, 0.25) is 0 Å². The minimum Gasteiger partial charge on any atom is -0.317 e. The van der Waals surface area contributed by atoms with Crippen LogP contribution in [0.3, 0.4) is 0 Å². The van der Waals surface area contributed by atoms with E-state index in [1.165, 1.54) is 4.31 Å². The molecule has 6 heteroatoms. The summed E-state index contributed by atoms with van der Waals surface area (Å²) in [5.74, 6) is 0.663. The van der Waals surface area contributed by atoms with Gasteiger partial charge in [0.05, 0.1) is 0 Å². The van der Waals surface area contributed by atoms with Crippen molar-refractivity contribution in [2.75, 3.05) is 39.8 Å². The van der Waals surface area contributed by atoms with Crippen LogP contribution < -0.4 is 5.32 Å². The van der Waals surface area contributed by atoms with Gasteiger partial charge in [-0.05, 0) is 37.8 Å². The summed E-state index contributed by atoms with van der Waals surface area (Å²) in [5.41, 5.74) is 0. The molecule has 0 unspecified atom stereocenters. The highest BCUT2D eigenvalue weighted by molar-refractivity contribution is 7.86. The molecule has 21 heavy (non-hydrogen) atoms. The molecule has 0 heterocycles. The smallest absolute Gasteiger partial charge is 0.281 e. The highest BCUT2D eigenvalue weighted by Crippen LogP contribution is 2.13. The summed E-state index contributed by atoms with van der Waals surface area (Å²) in [7, 11) is -1.66. The first-order valence-electron chi connectivity index (χ1n) is 8.13. The molecule has 0 radical (unpaired) electrons. The van der Waals surface area contributed by atoms with Crippen molar-refractivity contribution >= 4 is 10.2 Å². The van der Waals surface area contributed by atoms with Crippen molar-refractivity contribution < 1.29 is 8.42 Å². The van der Waals surface area contributed by atoms with Gasteiger partial charge in [0.2, 0.25) is 0 Å². The van der Waals surface area contributed by atoms with Crippen molar-refractivity contribution in [1.82, 2.24) is 13.9 Å². The maximum atomic E-state index is 12.7. The van der Waals surface area contributed by atoms with Gasteiger partial charge in [0.15, 0.2) is 0 Å². The molecule has 0 atom stereocenters. The first-order chi connectivity index (χ1) is 9.71. The molecule has 0 aliphatic heterocycles. The molecule has 0 aromatic carbocycles. The first kappa shape index (κ1) is 20.8. The zero-order chi connectivity index (χ0) is 16.5. The standard InChI is InChI=1S/C15H35N3O2S/c1-7-9-16-10-8-11-17(6)21(19,20)18(12-14(2)3)13-15(4)5/h14-16H,7-13H2,1-6H3. The third-order valence-electron chi connectivity index (χ3n) is 3.11. The van der Waals surface area contributed by atoms with Crippen LogP contribution in [0.5, 0.6) is 0 Å². The fourth-order valence-electron chi connectivity index (χ4n) is 2.12. The Balaban J connectivity index is 4.55. The first-order valence-corrected chi connectivity index (χ1v) is 9.53. The molecular formula is C15H35N3O2S. The quantitative estimate of drug-likeness (QED) is 0.561. The Kier molecular flexibility index (Phi) is 10.5. The van der Waals surface area contributed by atoms with E-state index in [0.29, 0.717) is 31.5 Å². The van der Waals surface area contributed by atoms with E-state index in [2.05, 4.69) is 39.9 Å². The summed E-state index contributed by atoms with van der Waals surface area (Å²) in [6.07, 6.45) is 1.94. The van der Waals surface area contributed by atoms with Gasteiger partial charge in [-0.15, -0.1) is 0 Å². The molecule has 1 N–H and O–H groups in total. The highest BCUT2D eigenvalue weighted by Gasteiger charge is 2.27. The van der Waals surface area contributed by atoms with Gasteiger partial charge in [-0.2, -0.15) is 17.0 Å². The summed E-state index contributed by atoms with van der Waals surface area (Å²) >= 11 is 0. The van der Waals surface area contributed by atoms with E-state index >= 15 is 0 Å². The molecular weight excluding hydrogens is 286 g/mol. The number of nitrogens with zero attached hydrogens (tertiary/aromatic N) is 2. The topological polar surface area (TPSA) is 52.7 Å². The van der Waals surface area contributed by atoms with Crippen molar-refractivity contribution in [3.63, 3.8) is 0 Å². The molecule has 0 bridgehead atoms. The van der Waals surface area contributed by atoms with Crippen LogP contribution in [0.25, 0.3) is 0 Å². The second kappa shape index (κ2) is 10.5. The molecule has 0 aliphatic carbocycles. The Morgan fingerprint density at radius 3 is 1.95 bits per heavy atom. The fraction of sp³-hybridized carbons (Fsp3) is 1.00. The van der Waals surface area contributed by atoms with Crippen LogP contribution in [0, 0.1) is 11.8 Å². The van der Waals surface area contributed by atoms with Gasteiger partial charge in [0.25, 0.3) is 10.2 Å². The maximum Gasteiger partial charge on any atom is 0.281 e. The molecule has 0 rings (SSSR count). The monoisotopic (exact) mass is 321 g/mol. The van der Waals surface area contributed by atoms with Crippen molar-refractivity contribution in [3.05, 3.63) is 0 Å². The molecule has 0 fully saturated rings. The lowest BCUT2D eigenvalue weighted by Crippen LogP contribution is -2.45. The fourth-order valence-corrected chi connectivity index (χ4v) is 3.85. The van der Waals surface area contributed by atoms with Crippen LogP contribution in [0.1, 0.15) is 47.5 Å². The van der Waals surface area contributed by atoms with Crippen LogP contribution >= 0.6 is 0 Å². The molecule has 0 aromatic rings. The average molecular weight is 322 g/mol. The average Bonchev–Trinajstić information content (AvgIpc) is 2.36. The van der Waals surface area contributed by atoms with Crippen molar-refractivity contribution in [1.29, 1.82) is 0 Å². The van der Waals surface area contributed by atoms with E-state index in [9.17, 15) is 8.42 Å². The summed E-state index contributed by atoms with van der Waals surface area (Å²) < 4.78 is 28.4. The Morgan fingerprint density at radius 1 is 1.00 bits per heavy atom. The van der Waals surface area contributed by atoms with Crippen molar-refractivity contribution in [2.45, 2.75) is 47.5 Å². The predicted molar refractivity (Wildman–Crippen MR) is 90.6 cm³/mol. The maximum absolute atomic E-state index is 12.7. The van der Waals surface area contributed by atoms with E-state index in [4.69, 9.17) is 0 Å². The Hall–Kier alpha value is -0.170. The third-order valence-corrected chi connectivity index (χ3v) is 5.03. The Morgan fingerprint density at radius 2 is 1.52 bits per heavy atom. The number of hydrogen-bond donors (Lipinski definition) is 1. The zero-order valence-corrected chi connectivity index (χ0v) is 15.5. The van der Waals surface area contributed by atoms with E-state index in [0.717, 1.165) is 25.9 Å². The molecule has 0 spiro atoms. The molecule has 0 aliphatic rings. The summed E-state index contributed by atoms with van der Waals surface area (Å²) in [4.78, 5) is 0. The van der Waals surface area contributed by atoms with Gasteiger partial charge in [0, 0.05) is 26.7 Å². The van der Waals surface area contributed by atoms with Gasteiger partial charge >= 0.3 is 0 Å². The zero-order valence-electron chi connectivity index (χ0n) is 14.7. The summed E-state index contributed by atoms with van der Waals surface area (Å²) in [6.45, 7) is 13.9. The van der Waals surface area contributed by atoms with Crippen molar-refractivity contribution in [3.8, 4) is 0 Å². The second-order valence-corrected chi connectivity index (χ2v) is 8.57. The number of nitrogens with one attached hydrogen (secondary N) is 1.